The number of ether oxygens (including phenoxy) is 1. The third-order valence-corrected chi connectivity index (χ3v) is 5.19. The van der Waals surface area contributed by atoms with Gasteiger partial charge in [-0.3, -0.25) is 4.90 Å². The van der Waals surface area contributed by atoms with Gasteiger partial charge in [0.2, 0.25) is 0 Å². The van der Waals surface area contributed by atoms with E-state index in [0.717, 1.165) is 35.0 Å². The van der Waals surface area contributed by atoms with Crippen LogP contribution in [0, 0.1) is 6.92 Å². The van der Waals surface area contributed by atoms with Crippen molar-refractivity contribution in [2.24, 2.45) is 0 Å². The molecule has 0 aliphatic rings. The van der Waals surface area contributed by atoms with Crippen molar-refractivity contribution in [3.8, 4) is 5.75 Å². The molecule has 0 radical (unpaired) electrons. The third kappa shape index (κ3) is 11.7. The molecular weight excluding hydrogens is 436 g/mol. The fourth-order valence-electron chi connectivity index (χ4n) is 3.08. The zero-order valence-electron chi connectivity index (χ0n) is 20.2. The highest BCUT2D eigenvalue weighted by Crippen LogP contribution is 2.32. The Morgan fingerprint density at radius 3 is 2.03 bits per heavy atom. The van der Waals surface area contributed by atoms with Crippen LogP contribution < -0.4 is 10.1 Å². The molecular formula is C23H39ClN2O6. The van der Waals surface area contributed by atoms with Gasteiger partial charge in [-0.2, -0.15) is 0 Å². The first-order chi connectivity index (χ1) is 14.8. The molecule has 1 rings (SSSR count). The van der Waals surface area contributed by atoms with Gasteiger partial charge in [0, 0.05) is 36.7 Å². The summed E-state index contributed by atoms with van der Waals surface area (Å²) < 4.78 is 5.89. The normalized spacial score (nSPS) is 12.2. The summed E-state index contributed by atoms with van der Waals surface area (Å²) in [5, 5.41) is 29.1. The highest BCUT2D eigenvalue weighted by atomic mass is 35.5. The fraction of sp³-hybridized carbons (Fsp3) is 0.652. The first-order valence-corrected chi connectivity index (χ1v) is 11.2. The number of halogens is 1. The third-order valence-electron chi connectivity index (χ3n) is 4.78. The summed E-state index contributed by atoms with van der Waals surface area (Å²) in [5.74, 6) is -2.52. The van der Waals surface area contributed by atoms with Crippen LogP contribution in [-0.2, 0) is 9.59 Å². The molecule has 1 unspecified atom stereocenters. The van der Waals surface area contributed by atoms with E-state index < -0.39 is 18.0 Å². The van der Waals surface area contributed by atoms with Crippen molar-refractivity contribution >= 4 is 23.5 Å². The smallest absolute Gasteiger partial charge is 0.414 e. The van der Waals surface area contributed by atoms with Gasteiger partial charge in [0.05, 0.1) is 0 Å². The monoisotopic (exact) mass is 474 g/mol. The maximum Gasteiger partial charge on any atom is 0.414 e. The maximum absolute atomic E-state index is 10.2. The van der Waals surface area contributed by atoms with E-state index in [-0.39, 0.29) is 6.61 Å². The molecule has 0 aromatic heterocycles. The number of nitrogens with one attached hydrogen (secondary N) is 1. The van der Waals surface area contributed by atoms with Crippen LogP contribution in [0.3, 0.4) is 0 Å². The molecule has 1 atom stereocenters. The molecule has 9 heteroatoms. The molecule has 0 saturated heterocycles. The van der Waals surface area contributed by atoms with Crippen LogP contribution >= 0.6 is 11.6 Å². The van der Waals surface area contributed by atoms with E-state index in [1.807, 2.05) is 19.1 Å². The van der Waals surface area contributed by atoms with Crippen LogP contribution in [-0.4, -0.2) is 76.6 Å². The van der Waals surface area contributed by atoms with Crippen LogP contribution in [0.1, 0.15) is 58.6 Å². The van der Waals surface area contributed by atoms with E-state index in [0.29, 0.717) is 24.5 Å². The number of rotatable bonds is 11. The fourth-order valence-corrected chi connectivity index (χ4v) is 3.25. The number of aryl methyl sites for hydroxylation is 1. The number of hydrogen-bond acceptors (Lipinski definition) is 6. The second-order valence-corrected chi connectivity index (χ2v) is 8.91. The number of aliphatic hydroxyl groups excluding tert-OH is 1. The molecule has 32 heavy (non-hydrogen) atoms. The van der Waals surface area contributed by atoms with Gasteiger partial charge >= 0.3 is 11.9 Å². The van der Waals surface area contributed by atoms with Gasteiger partial charge in [-0.05, 0) is 63.8 Å². The average molecular weight is 475 g/mol. The van der Waals surface area contributed by atoms with Gasteiger partial charge in [-0.15, -0.1) is 0 Å². The maximum atomic E-state index is 10.2. The van der Waals surface area contributed by atoms with Crippen LogP contribution in [0.15, 0.2) is 12.1 Å². The Labute approximate surface area is 196 Å². The summed E-state index contributed by atoms with van der Waals surface area (Å²) >= 11 is 6.23. The standard InChI is InChI=1S/C21H37ClN2O2.C2H2O4/c1-14(2)19-11-20(22)17(7)10-21(19)26-13-18(25)12-23-8-9-24(15(3)4)16(5)6;3-1(4)2(5)6/h10-11,14-16,18,23,25H,8-9,12-13H2,1-7H3;(H,3,4)(H,5,6). The number of hydrogen-bond donors (Lipinski definition) is 4. The lowest BCUT2D eigenvalue weighted by molar-refractivity contribution is -0.159. The number of benzene rings is 1. The lowest BCUT2D eigenvalue weighted by Gasteiger charge is -2.30. The van der Waals surface area contributed by atoms with Crippen molar-refractivity contribution in [1.29, 1.82) is 0 Å². The summed E-state index contributed by atoms with van der Waals surface area (Å²) in [7, 11) is 0. The number of aliphatic carboxylic acids is 2. The van der Waals surface area contributed by atoms with Crippen LogP contribution in [0.25, 0.3) is 0 Å². The second kappa shape index (κ2) is 15.1. The van der Waals surface area contributed by atoms with E-state index in [2.05, 4.69) is 51.8 Å². The molecule has 0 aliphatic carbocycles. The van der Waals surface area contributed by atoms with Crippen LogP contribution in [0.4, 0.5) is 0 Å². The van der Waals surface area contributed by atoms with Crippen LogP contribution in [0.5, 0.6) is 5.75 Å². The average Bonchev–Trinajstić information content (AvgIpc) is 2.67. The molecule has 0 saturated carbocycles. The largest absolute Gasteiger partial charge is 0.491 e. The first kappa shape index (κ1) is 30.1. The molecule has 1 aromatic carbocycles. The van der Waals surface area contributed by atoms with Gasteiger partial charge < -0.3 is 25.4 Å². The molecule has 0 amide bonds. The number of carbonyl (C=O) groups is 2. The van der Waals surface area contributed by atoms with E-state index in [9.17, 15) is 5.11 Å². The summed E-state index contributed by atoms with van der Waals surface area (Å²) in [4.78, 5) is 20.6. The predicted molar refractivity (Wildman–Crippen MR) is 127 cm³/mol. The van der Waals surface area contributed by atoms with Crippen molar-refractivity contribution in [2.45, 2.75) is 72.6 Å². The Hall–Kier alpha value is -1.87. The molecule has 0 fully saturated rings. The van der Waals surface area contributed by atoms with Gasteiger partial charge in [0.1, 0.15) is 18.5 Å². The molecule has 0 heterocycles. The second-order valence-electron chi connectivity index (χ2n) is 8.50. The first-order valence-electron chi connectivity index (χ1n) is 10.8. The van der Waals surface area contributed by atoms with Crippen molar-refractivity contribution in [3.63, 3.8) is 0 Å². The number of nitrogens with zero attached hydrogens (tertiary/aromatic N) is 1. The summed E-state index contributed by atoms with van der Waals surface area (Å²) in [5.41, 5.74) is 2.06. The quantitative estimate of drug-likeness (QED) is 0.284. The Kier molecular flexibility index (Phi) is 14.2. The molecule has 0 bridgehead atoms. The van der Waals surface area contributed by atoms with E-state index in [1.54, 1.807) is 0 Å². The zero-order chi connectivity index (χ0) is 25.0. The molecule has 8 nitrogen and oxygen atoms in total. The molecule has 0 spiro atoms. The minimum Gasteiger partial charge on any atom is -0.491 e. The predicted octanol–water partition coefficient (Wildman–Crippen LogP) is 3.38. The van der Waals surface area contributed by atoms with Crippen molar-refractivity contribution in [2.75, 3.05) is 26.2 Å². The lowest BCUT2D eigenvalue weighted by Crippen LogP contribution is -2.43. The van der Waals surface area contributed by atoms with Crippen LogP contribution in [0.2, 0.25) is 5.02 Å². The van der Waals surface area contributed by atoms with Crippen molar-refractivity contribution < 1.29 is 29.6 Å². The van der Waals surface area contributed by atoms with Crippen molar-refractivity contribution in [1.82, 2.24) is 10.2 Å². The number of carboxylic acid groups (broad SMARTS) is 2. The highest BCUT2D eigenvalue weighted by Gasteiger charge is 2.14. The Balaban J connectivity index is 0.00000140. The SMILES string of the molecule is Cc1cc(OCC(O)CNCCN(C(C)C)C(C)C)c(C(C)C)cc1Cl.O=C(O)C(=O)O. The van der Waals surface area contributed by atoms with Gasteiger partial charge in [-0.1, -0.05) is 25.4 Å². The van der Waals surface area contributed by atoms with E-state index in [4.69, 9.17) is 36.1 Å². The summed E-state index contributed by atoms with van der Waals surface area (Å²) in [6, 6.07) is 4.97. The van der Waals surface area contributed by atoms with E-state index >= 15 is 0 Å². The topological polar surface area (TPSA) is 119 Å². The summed E-state index contributed by atoms with van der Waals surface area (Å²) in [6.07, 6.45) is -0.544. The van der Waals surface area contributed by atoms with E-state index in [1.165, 1.54) is 0 Å². The Bertz CT molecular complexity index is 705. The number of aliphatic hydroxyl groups is 1. The minimum absolute atomic E-state index is 0.270. The van der Waals surface area contributed by atoms with Gasteiger partial charge in [0.25, 0.3) is 0 Å². The molecule has 4 N–H and O–H groups in total. The van der Waals surface area contributed by atoms with Gasteiger partial charge in [-0.25, -0.2) is 9.59 Å². The number of carboxylic acids is 2. The molecule has 0 aliphatic heterocycles. The highest BCUT2D eigenvalue weighted by molar-refractivity contribution is 6.31. The Morgan fingerprint density at radius 2 is 1.59 bits per heavy atom. The molecule has 184 valence electrons. The zero-order valence-corrected chi connectivity index (χ0v) is 20.9. The minimum atomic E-state index is -1.82. The Morgan fingerprint density at radius 1 is 1.06 bits per heavy atom. The summed E-state index contributed by atoms with van der Waals surface area (Å²) in [6.45, 7) is 17.6. The van der Waals surface area contributed by atoms with Gasteiger partial charge in [0.15, 0.2) is 0 Å². The molecule has 1 aromatic rings. The van der Waals surface area contributed by atoms with Crippen molar-refractivity contribution in [3.05, 3.63) is 28.3 Å². The lowest BCUT2D eigenvalue weighted by atomic mass is 10.0.